The molecule has 0 aliphatic carbocycles. The van der Waals surface area contributed by atoms with Crippen LogP contribution in [0.2, 0.25) is 0 Å². The second-order valence-corrected chi connectivity index (χ2v) is 5.61. The van der Waals surface area contributed by atoms with Gasteiger partial charge in [-0.3, -0.25) is 0 Å². The van der Waals surface area contributed by atoms with Crippen molar-refractivity contribution in [1.82, 2.24) is 4.98 Å². The third-order valence-electron chi connectivity index (χ3n) is 1.88. The third-order valence-corrected chi connectivity index (χ3v) is 3.32. The summed E-state index contributed by atoms with van der Waals surface area (Å²) in [5.74, 6) is -1.33. The van der Waals surface area contributed by atoms with Gasteiger partial charge in [-0.2, -0.15) is 0 Å². The quantitative estimate of drug-likeness (QED) is 0.801. The summed E-state index contributed by atoms with van der Waals surface area (Å²) in [6.07, 6.45) is -4.30. The SMILES string of the molecule is COc1c(OC(F)(F)F)ncc(S(=O)(=O)Cl)c1C. The van der Waals surface area contributed by atoms with Crippen molar-refractivity contribution in [3.63, 3.8) is 0 Å². The lowest BCUT2D eigenvalue weighted by atomic mass is 10.3. The van der Waals surface area contributed by atoms with Crippen molar-refractivity contribution >= 4 is 19.7 Å². The standard InChI is InChI=1S/C8H7ClF3NO4S/c1-4-5(18(9,14)15)3-13-7(6(4)16-2)17-8(10,11)12/h3H,1-2H3. The average molecular weight is 306 g/mol. The highest BCUT2D eigenvalue weighted by molar-refractivity contribution is 8.13. The number of hydrogen-bond donors (Lipinski definition) is 0. The molecule has 0 unspecified atom stereocenters. The lowest BCUT2D eigenvalue weighted by Gasteiger charge is -2.14. The third kappa shape index (κ3) is 3.39. The Kier molecular flexibility index (Phi) is 3.96. The van der Waals surface area contributed by atoms with Crippen molar-refractivity contribution in [3.8, 4) is 11.6 Å². The largest absolute Gasteiger partial charge is 0.574 e. The molecule has 5 nitrogen and oxygen atoms in total. The minimum atomic E-state index is -4.96. The minimum Gasteiger partial charge on any atom is -0.491 e. The second-order valence-electron chi connectivity index (χ2n) is 3.07. The van der Waals surface area contributed by atoms with E-state index in [4.69, 9.17) is 10.7 Å². The van der Waals surface area contributed by atoms with E-state index in [1.54, 1.807) is 0 Å². The number of pyridine rings is 1. The molecule has 0 aliphatic rings. The number of aromatic nitrogens is 1. The van der Waals surface area contributed by atoms with E-state index in [1.807, 2.05) is 0 Å². The topological polar surface area (TPSA) is 65.5 Å². The van der Waals surface area contributed by atoms with Crippen LogP contribution in [0.4, 0.5) is 13.2 Å². The Labute approximate surface area is 105 Å². The van der Waals surface area contributed by atoms with Crippen LogP contribution in [-0.2, 0) is 9.05 Å². The zero-order valence-corrected chi connectivity index (χ0v) is 10.7. The molecule has 18 heavy (non-hydrogen) atoms. The Balaban J connectivity index is 3.39. The van der Waals surface area contributed by atoms with Gasteiger partial charge >= 0.3 is 6.36 Å². The summed E-state index contributed by atoms with van der Waals surface area (Å²) in [5.41, 5.74) is -0.123. The first-order valence-electron chi connectivity index (χ1n) is 4.30. The highest BCUT2D eigenvalue weighted by atomic mass is 35.7. The fourth-order valence-corrected chi connectivity index (χ4v) is 2.32. The molecule has 0 saturated carbocycles. The molecule has 0 aliphatic heterocycles. The van der Waals surface area contributed by atoms with Crippen LogP contribution in [-0.4, -0.2) is 26.9 Å². The van der Waals surface area contributed by atoms with Crippen LogP contribution < -0.4 is 9.47 Å². The highest BCUT2D eigenvalue weighted by Crippen LogP contribution is 2.36. The molecule has 1 aromatic rings. The van der Waals surface area contributed by atoms with Crippen molar-refractivity contribution in [3.05, 3.63) is 11.8 Å². The number of ether oxygens (including phenoxy) is 2. The zero-order chi connectivity index (χ0) is 14.1. The van der Waals surface area contributed by atoms with Crippen molar-refractivity contribution < 1.29 is 31.1 Å². The van der Waals surface area contributed by atoms with Crippen molar-refractivity contribution in [2.75, 3.05) is 7.11 Å². The molecule has 0 amide bonds. The van der Waals surface area contributed by atoms with Gasteiger partial charge in [0.15, 0.2) is 5.75 Å². The summed E-state index contributed by atoms with van der Waals surface area (Å²) in [6.45, 7) is 1.22. The predicted molar refractivity (Wildman–Crippen MR) is 55.2 cm³/mol. The van der Waals surface area contributed by atoms with Gasteiger partial charge in [0.2, 0.25) is 0 Å². The minimum absolute atomic E-state index is 0.123. The number of alkyl halides is 3. The van der Waals surface area contributed by atoms with Crippen molar-refractivity contribution in [2.45, 2.75) is 18.2 Å². The average Bonchev–Trinajstić information content (AvgIpc) is 2.13. The van der Waals surface area contributed by atoms with E-state index in [1.165, 1.54) is 6.92 Å². The van der Waals surface area contributed by atoms with Gasteiger partial charge in [0.25, 0.3) is 14.9 Å². The molecule has 0 fully saturated rings. The highest BCUT2D eigenvalue weighted by Gasteiger charge is 2.34. The molecule has 0 aromatic carbocycles. The Hall–Kier alpha value is -1.22. The van der Waals surface area contributed by atoms with Gasteiger partial charge in [-0.05, 0) is 6.92 Å². The molecule has 0 spiro atoms. The van der Waals surface area contributed by atoms with Crippen molar-refractivity contribution in [1.29, 1.82) is 0 Å². The summed E-state index contributed by atoms with van der Waals surface area (Å²) in [7, 11) is 2.01. The van der Waals surface area contributed by atoms with Gasteiger partial charge in [0.1, 0.15) is 4.90 Å². The number of halogens is 4. The monoisotopic (exact) mass is 305 g/mol. The van der Waals surface area contributed by atoms with Crippen LogP contribution in [0.3, 0.4) is 0 Å². The lowest BCUT2D eigenvalue weighted by Crippen LogP contribution is -2.19. The molecule has 1 rings (SSSR count). The molecule has 0 N–H and O–H groups in total. The summed E-state index contributed by atoms with van der Waals surface area (Å²) in [4.78, 5) is 2.78. The predicted octanol–water partition coefficient (Wildman–Crippen LogP) is 2.22. The molecule has 0 bridgehead atoms. The van der Waals surface area contributed by atoms with Crippen LogP contribution in [0.15, 0.2) is 11.1 Å². The zero-order valence-electron chi connectivity index (χ0n) is 9.08. The normalized spacial score (nSPS) is 12.3. The van der Waals surface area contributed by atoms with Crippen molar-refractivity contribution in [2.24, 2.45) is 0 Å². The van der Waals surface area contributed by atoms with Gasteiger partial charge in [-0.15, -0.1) is 13.2 Å². The first-order valence-corrected chi connectivity index (χ1v) is 6.61. The van der Waals surface area contributed by atoms with E-state index in [0.717, 1.165) is 7.11 Å². The summed E-state index contributed by atoms with van der Waals surface area (Å²) < 4.78 is 66.7. The molecular formula is C8H7ClF3NO4S. The fourth-order valence-electron chi connectivity index (χ4n) is 1.21. The van der Waals surface area contributed by atoms with Crippen LogP contribution in [0.5, 0.6) is 11.6 Å². The fraction of sp³-hybridized carbons (Fsp3) is 0.375. The van der Waals surface area contributed by atoms with Crippen LogP contribution in [0, 0.1) is 6.92 Å². The van der Waals surface area contributed by atoms with E-state index in [9.17, 15) is 21.6 Å². The molecule has 1 aromatic heterocycles. The smallest absolute Gasteiger partial charge is 0.491 e. The Morgan fingerprint density at radius 3 is 2.33 bits per heavy atom. The van der Waals surface area contributed by atoms with E-state index in [2.05, 4.69) is 14.5 Å². The van der Waals surface area contributed by atoms with Gasteiger partial charge in [-0.25, -0.2) is 13.4 Å². The molecule has 0 radical (unpaired) electrons. The molecule has 0 saturated heterocycles. The van der Waals surface area contributed by atoms with Crippen LogP contribution >= 0.6 is 10.7 Å². The molecular weight excluding hydrogens is 299 g/mol. The maximum Gasteiger partial charge on any atom is 0.574 e. The molecule has 0 atom stereocenters. The second kappa shape index (κ2) is 4.81. The Morgan fingerprint density at radius 1 is 1.39 bits per heavy atom. The number of nitrogens with zero attached hydrogens (tertiary/aromatic N) is 1. The molecule has 10 heteroatoms. The van der Waals surface area contributed by atoms with Gasteiger partial charge in [0.05, 0.1) is 13.3 Å². The first-order chi connectivity index (χ1) is 8.06. The molecule has 1 heterocycles. The lowest BCUT2D eigenvalue weighted by molar-refractivity contribution is -0.276. The van der Waals surface area contributed by atoms with E-state index in [0.29, 0.717) is 6.20 Å². The first kappa shape index (κ1) is 14.8. The number of rotatable bonds is 3. The van der Waals surface area contributed by atoms with E-state index >= 15 is 0 Å². The summed E-state index contributed by atoms with van der Waals surface area (Å²) >= 11 is 0. The number of hydrogen-bond acceptors (Lipinski definition) is 5. The van der Waals surface area contributed by atoms with Crippen LogP contribution in [0.1, 0.15) is 5.56 Å². The Morgan fingerprint density at radius 2 is 1.94 bits per heavy atom. The van der Waals surface area contributed by atoms with Gasteiger partial charge in [0, 0.05) is 16.2 Å². The summed E-state index contributed by atoms with van der Waals surface area (Å²) in [5, 5.41) is 0. The van der Waals surface area contributed by atoms with E-state index < -0.39 is 31.9 Å². The molecule has 102 valence electrons. The van der Waals surface area contributed by atoms with Crippen LogP contribution in [0.25, 0.3) is 0 Å². The summed E-state index contributed by atoms with van der Waals surface area (Å²) in [6, 6.07) is 0. The number of methoxy groups -OCH3 is 1. The van der Waals surface area contributed by atoms with E-state index in [-0.39, 0.29) is 5.56 Å². The maximum absolute atomic E-state index is 12.1. The maximum atomic E-state index is 12.1. The van der Waals surface area contributed by atoms with Gasteiger partial charge in [-0.1, -0.05) is 0 Å². The van der Waals surface area contributed by atoms with Gasteiger partial charge < -0.3 is 9.47 Å². The Bertz CT molecular complexity index is 558.